The number of hydrogen-bond donors (Lipinski definition) is 2. The summed E-state index contributed by atoms with van der Waals surface area (Å²) < 4.78 is 0. The first kappa shape index (κ1) is 14.0. The minimum absolute atomic E-state index is 0.0356. The van der Waals surface area contributed by atoms with Crippen molar-refractivity contribution >= 4 is 16.8 Å². The van der Waals surface area contributed by atoms with E-state index >= 15 is 0 Å². The topological polar surface area (TPSA) is 56.3 Å². The summed E-state index contributed by atoms with van der Waals surface area (Å²) in [6, 6.07) is 15.4. The van der Waals surface area contributed by atoms with Gasteiger partial charge in [-0.2, -0.15) is 0 Å². The van der Waals surface area contributed by atoms with Gasteiger partial charge in [-0.1, -0.05) is 36.4 Å². The molecule has 4 nitrogen and oxygen atoms in total. The van der Waals surface area contributed by atoms with E-state index in [4.69, 9.17) is 0 Å². The van der Waals surface area contributed by atoms with E-state index in [1.807, 2.05) is 48.7 Å². The molecule has 4 rings (SSSR count). The highest BCUT2D eigenvalue weighted by Gasteiger charge is 2.31. The van der Waals surface area contributed by atoms with Crippen molar-refractivity contribution in [1.82, 2.24) is 9.88 Å². The lowest BCUT2D eigenvalue weighted by Gasteiger charge is -2.36. The molecule has 3 aromatic rings. The van der Waals surface area contributed by atoms with E-state index in [1.165, 1.54) is 5.56 Å². The monoisotopic (exact) mass is 306 g/mol. The molecule has 0 spiro atoms. The summed E-state index contributed by atoms with van der Waals surface area (Å²) in [5, 5.41) is 10.9. The summed E-state index contributed by atoms with van der Waals surface area (Å²) in [7, 11) is 0. The highest BCUT2D eigenvalue weighted by Crippen LogP contribution is 2.31. The quantitative estimate of drug-likeness (QED) is 0.765. The van der Waals surface area contributed by atoms with Crippen LogP contribution in [0, 0.1) is 0 Å². The molecular formula is C19H18N2O2. The number of aliphatic hydroxyl groups is 1. The molecular weight excluding hydrogens is 288 g/mol. The fourth-order valence-electron chi connectivity index (χ4n) is 3.51. The second kappa shape index (κ2) is 5.56. The number of benzene rings is 2. The minimum atomic E-state index is -0.280. The van der Waals surface area contributed by atoms with Gasteiger partial charge in [-0.05, 0) is 29.7 Å². The highest BCUT2D eigenvalue weighted by molar-refractivity contribution is 6.05. The van der Waals surface area contributed by atoms with E-state index in [0.717, 1.165) is 22.9 Å². The third-order valence-electron chi connectivity index (χ3n) is 4.66. The van der Waals surface area contributed by atoms with E-state index in [2.05, 4.69) is 11.1 Å². The van der Waals surface area contributed by atoms with Crippen molar-refractivity contribution < 1.29 is 9.90 Å². The molecule has 0 unspecified atom stereocenters. The SMILES string of the molecule is O=C(c1cccc2cc[nH]c12)N1CCc2ccccc2[C@@H]1CO. The number of hydrogen-bond acceptors (Lipinski definition) is 2. The summed E-state index contributed by atoms with van der Waals surface area (Å²) in [6.07, 6.45) is 2.66. The van der Waals surface area contributed by atoms with Crippen LogP contribution in [0.25, 0.3) is 10.9 Å². The molecule has 0 fully saturated rings. The average Bonchev–Trinajstić information content (AvgIpc) is 3.08. The van der Waals surface area contributed by atoms with E-state index in [0.29, 0.717) is 12.1 Å². The Kier molecular flexibility index (Phi) is 3.39. The number of para-hydroxylation sites is 1. The number of amides is 1. The van der Waals surface area contributed by atoms with Gasteiger partial charge < -0.3 is 15.0 Å². The lowest BCUT2D eigenvalue weighted by molar-refractivity contribution is 0.0570. The summed E-state index contributed by atoms with van der Waals surface area (Å²) in [5.41, 5.74) is 3.78. The maximum absolute atomic E-state index is 13.1. The Bertz CT molecular complexity index is 868. The van der Waals surface area contributed by atoms with Gasteiger partial charge >= 0.3 is 0 Å². The molecule has 0 saturated carbocycles. The first-order chi connectivity index (χ1) is 11.3. The van der Waals surface area contributed by atoms with Gasteiger partial charge in [0, 0.05) is 18.1 Å². The molecule has 1 amide bonds. The van der Waals surface area contributed by atoms with Crippen molar-refractivity contribution in [3.63, 3.8) is 0 Å². The minimum Gasteiger partial charge on any atom is -0.394 e. The number of aromatic amines is 1. The van der Waals surface area contributed by atoms with Gasteiger partial charge in [0.25, 0.3) is 5.91 Å². The van der Waals surface area contributed by atoms with E-state index in [-0.39, 0.29) is 18.6 Å². The van der Waals surface area contributed by atoms with Crippen molar-refractivity contribution in [3.8, 4) is 0 Å². The highest BCUT2D eigenvalue weighted by atomic mass is 16.3. The molecule has 2 heterocycles. The molecule has 0 bridgehead atoms. The number of fused-ring (bicyclic) bond motifs is 2. The van der Waals surface area contributed by atoms with Gasteiger partial charge in [0.15, 0.2) is 0 Å². The van der Waals surface area contributed by atoms with Crippen LogP contribution >= 0.6 is 0 Å². The van der Waals surface area contributed by atoms with Gasteiger partial charge in [0.1, 0.15) is 0 Å². The maximum atomic E-state index is 13.1. The number of rotatable bonds is 2. The first-order valence-corrected chi connectivity index (χ1v) is 7.85. The number of nitrogens with zero attached hydrogens (tertiary/aromatic N) is 1. The van der Waals surface area contributed by atoms with Gasteiger partial charge in [0.05, 0.1) is 23.7 Å². The molecule has 0 aliphatic carbocycles. The summed E-state index contributed by atoms with van der Waals surface area (Å²) in [6.45, 7) is 0.557. The lowest BCUT2D eigenvalue weighted by atomic mass is 9.92. The van der Waals surface area contributed by atoms with Crippen LogP contribution in [0.3, 0.4) is 0 Å². The Morgan fingerprint density at radius 3 is 2.91 bits per heavy atom. The second-order valence-corrected chi connectivity index (χ2v) is 5.89. The predicted molar refractivity (Wildman–Crippen MR) is 89.3 cm³/mol. The van der Waals surface area contributed by atoms with Crippen molar-refractivity contribution in [1.29, 1.82) is 0 Å². The molecule has 116 valence electrons. The van der Waals surface area contributed by atoms with Crippen molar-refractivity contribution in [2.75, 3.05) is 13.2 Å². The number of carbonyl (C=O) groups excluding carboxylic acids is 1. The first-order valence-electron chi connectivity index (χ1n) is 7.85. The van der Waals surface area contributed by atoms with Crippen LogP contribution in [0.15, 0.2) is 54.7 Å². The Morgan fingerprint density at radius 2 is 2.04 bits per heavy atom. The molecule has 4 heteroatoms. The van der Waals surface area contributed by atoms with Crippen LogP contribution in [-0.4, -0.2) is 34.0 Å². The van der Waals surface area contributed by atoms with E-state index in [1.54, 1.807) is 4.90 Å². The average molecular weight is 306 g/mol. The Labute approximate surface area is 134 Å². The number of nitrogens with one attached hydrogen (secondary N) is 1. The van der Waals surface area contributed by atoms with Gasteiger partial charge in [-0.25, -0.2) is 0 Å². The molecule has 1 aliphatic rings. The third-order valence-corrected chi connectivity index (χ3v) is 4.66. The zero-order valence-corrected chi connectivity index (χ0v) is 12.7. The molecule has 1 atom stereocenters. The van der Waals surface area contributed by atoms with Crippen molar-refractivity contribution in [3.05, 3.63) is 71.4 Å². The Morgan fingerprint density at radius 1 is 1.17 bits per heavy atom. The number of aromatic nitrogens is 1. The molecule has 2 aromatic carbocycles. The molecule has 2 N–H and O–H groups in total. The zero-order valence-electron chi connectivity index (χ0n) is 12.7. The van der Waals surface area contributed by atoms with Gasteiger partial charge in [-0.15, -0.1) is 0 Å². The second-order valence-electron chi connectivity index (χ2n) is 5.89. The van der Waals surface area contributed by atoms with Crippen LogP contribution in [-0.2, 0) is 6.42 Å². The normalized spacial score (nSPS) is 17.3. The number of aliphatic hydroxyl groups excluding tert-OH is 1. The summed E-state index contributed by atoms with van der Waals surface area (Å²) >= 11 is 0. The van der Waals surface area contributed by atoms with E-state index in [9.17, 15) is 9.90 Å². The van der Waals surface area contributed by atoms with E-state index < -0.39 is 0 Å². The van der Waals surface area contributed by atoms with Gasteiger partial charge in [0.2, 0.25) is 0 Å². The lowest BCUT2D eigenvalue weighted by Crippen LogP contribution is -2.41. The summed E-state index contributed by atoms with van der Waals surface area (Å²) in [4.78, 5) is 18.0. The van der Waals surface area contributed by atoms with Crippen LogP contribution in [0.2, 0.25) is 0 Å². The van der Waals surface area contributed by atoms with Crippen LogP contribution in [0.4, 0.5) is 0 Å². The van der Waals surface area contributed by atoms with Crippen LogP contribution < -0.4 is 0 Å². The van der Waals surface area contributed by atoms with Gasteiger partial charge in [-0.3, -0.25) is 4.79 Å². The van der Waals surface area contributed by atoms with Crippen molar-refractivity contribution in [2.45, 2.75) is 12.5 Å². The van der Waals surface area contributed by atoms with Crippen LogP contribution in [0.5, 0.6) is 0 Å². The zero-order chi connectivity index (χ0) is 15.8. The van der Waals surface area contributed by atoms with Crippen molar-refractivity contribution in [2.24, 2.45) is 0 Å². The predicted octanol–water partition coefficient (Wildman–Crippen LogP) is 2.90. The fourth-order valence-corrected chi connectivity index (χ4v) is 3.51. The number of carbonyl (C=O) groups is 1. The molecule has 1 aromatic heterocycles. The fraction of sp³-hybridized carbons (Fsp3) is 0.211. The standard InChI is InChI=1S/C19H18N2O2/c22-12-17-15-6-2-1-4-13(15)9-11-21(17)19(23)16-7-3-5-14-8-10-20-18(14)16/h1-8,10,17,20,22H,9,11-12H2/t17-/m0/s1. The number of H-pyrrole nitrogens is 1. The van der Waals surface area contributed by atoms with Crippen LogP contribution in [0.1, 0.15) is 27.5 Å². The third kappa shape index (κ3) is 2.23. The molecule has 23 heavy (non-hydrogen) atoms. The Balaban J connectivity index is 1.75. The summed E-state index contributed by atoms with van der Waals surface area (Å²) in [5.74, 6) is -0.0356. The molecule has 0 saturated heterocycles. The molecule has 0 radical (unpaired) electrons. The smallest absolute Gasteiger partial charge is 0.256 e. The largest absolute Gasteiger partial charge is 0.394 e. The Hall–Kier alpha value is -2.59. The molecule has 1 aliphatic heterocycles. The maximum Gasteiger partial charge on any atom is 0.256 e.